The first-order chi connectivity index (χ1) is 11.5. The fourth-order valence-electron chi connectivity index (χ4n) is 3.55. The first-order valence-corrected chi connectivity index (χ1v) is 9.29. The molecule has 1 aromatic rings. The number of urea groups is 1. The number of hydrogen-bond donors (Lipinski definition) is 0. The van der Waals surface area contributed by atoms with E-state index in [1.165, 1.54) is 10.6 Å². The quantitative estimate of drug-likeness (QED) is 0.787. The number of ether oxygens (including phenoxy) is 1. The Labute approximate surface area is 150 Å². The van der Waals surface area contributed by atoms with Gasteiger partial charge in [0.05, 0.1) is 10.6 Å². The third-order valence-corrected chi connectivity index (χ3v) is 5.58. The molecule has 132 valence electrons. The van der Waals surface area contributed by atoms with Crippen LogP contribution in [0.4, 0.5) is 4.79 Å². The van der Waals surface area contributed by atoms with Gasteiger partial charge in [-0.1, -0.05) is 0 Å². The molecule has 1 saturated carbocycles. The van der Waals surface area contributed by atoms with Crippen LogP contribution in [0.25, 0.3) is 0 Å². The van der Waals surface area contributed by atoms with E-state index < -0.39 is 0 Å². The van der Waals surface area contributed by atoms with E-state index in [9.17, 15) is 9.59 Å². The molecule has 1 saturated heterocycles. The molecule has 2 fully saturated rings. The van der Waals surface area contributed by atoms with E-state index in [1.807, 2.05) is 16.8 Å². The molecule has 3 rings (SSSR count). The predicted octanol–water partition coefficient (Wildman–Crippen LogP) is 2.60. The number of rotatable bonds is 3. The third kappa shape index (κ3) is 3.61. The normalized spacial score (nSPS) is 25.0. The second kappa shape index (κ2) is 7.17. The lowest BCUT2D eigenvalue weighted by Crippen LogP contribution is -2.53. The van der Waals surface area contributed by atoms with Gasteiger partial charge in [0.1, 0.15) is 5.75 Å². The fraction of sp³-hybridized carbons (Fsp3) is 0.647. The van der Waals surface area contributed by atoms with E-state index in [0.717, 1.165) is 49.7 Å². The number of hydrogen-bond acceptors (Lipinski definition) is 3. The van der Waals surface area contributed by atoms with Crippen LogP contribution >= 0.6 is 15.9 Å². The molecule has 0 N–H and O–H groups in total. The zero-order chi connectivity index (χ0) is 17.3. The van der Waals surface area contributed by atoms with Gasteiger partial charge < -0.3 is 19.1 Å². The number of aryl methyl sites for hydroxylation is 1. The minimum Gasteiger partial charge on any atom is -0.489 e. The summed E-state index contributed by atoms with van der Waals surface area (Å²) in [5.41, 5.74) is -0.0798. The SMILES string of the molecule is CN1CCCN([C@H]2CC[C@H](Oc3cc(=O)n(C)cc3Br)CC2)C1=O. The summed E-state index contributed by atoms with van der Waals surface area (Å²) in [5.74, 6) is 0.607. The second-order valence-corrected chi connectivity index (χ2v) is 7.59. The van der Waals surface area contributed by atoms with E-state index >= 15 is 0 Å². The number of pyridine rings is 1. The third-order valence-electron chi connectivity index (χ3n) is 4.99. The lowest BCUT2D eigenvalue weighted by Gasteiger charge is -2.41. The Bertz CT molecular complexity index is 668. The van der Waals surface area contributed by atoms with Gasteiger partial charge in [-0.05, 0) is 48.0 Å². The molecule has 1 aromatic heterocycles. The Morgan fingerprint density at radius 1 is 1.12 bits per heavy atom. The van der Waals surface area contributed by atoms with Crippen LogP contribution < -0.4 is 10.3 Å². The van der Waals surface area contributed by atoms with Crippen LogP contribution in [-0.4, -0.2) is 52.7 Å². The minimum atomic E-state index is -0.0798. The highest BCUT2D eigenvalue weighted by atomic mass is 79.9. The van der Waals surface area contributed by atoms with Crippen LogP contribution in [0.1, 0.15) is 32.1 Å². The van der Waals surface area contributed by atoms with Crippen molar-refractivity contribution in [2.45, 2.75) is 44.2 Å². The largest absolute Gasteiger partial charge is 0.489 e. The first kappa shape index (κ1) is 17.3. The lowest BCUT2D eigenvalue weighted by molar-refractivity contribution is 0.0744. The van der Waals surface area contributed by atoms with Crippen molar-refractivity contribution in [3.63, 3.8) is 0 Å². The summed E-state index contributed by atoms with van der Waals surface area (Å²) in [6.45, 7) is 1.71. The van der Waals surface area contributed by atoms with Crippen molar-refractivity contribution in [1.29, 1.82) is 0 Å². The molecular weight excluding hydrogens is 374 g/mol. The summed E-state index contributed by atoms with van der Waals surface area (Å²) in [5, 5.41) is 0. The van der Waals surface area contributed by atoms with E-state index in [1.54, 1.807) is 13.2 Å². The minimum absolute atomic E-state index is 0.0798. The molecule has 2 aliphatic rings. The van der Waals surface area contributed by atoms with Gasteiger partial charge in [0.2, 0.25) is 0 Å². The highest BCUT2D eigenvalue weighted by Gasteiger charge is 2.33. The highest BCUT2D eigenvalue weighted by Crippen LogP contribution is 2.30. The molecule has 0 bridgehead atoms. The van der Waals surface area contributed by atoms with Crippen molar-refractivity contribution in [2.24, 2.45) is 7.05 Å². The van der Waals surface area contributed by atoms with Crippen molar-refractivity contribution in [3.05, 3.63) is 27.1 Å². The molecule has 0 spiro atoms. The summed E-state index contributed by atoms with van der Waals surface area (Å²) in [6.07, 6.45) is 6.58. The monoisotopic (exact) mass is 397 g/mol. The Morgan fingerprint density at radius 3 is 2.54 bits per heavy atom. The van der Waals surface area contributed by atoms with Crippen LogP contribution in [0.2, 0.25) is 0 Å². The molecule has 0 aromatic carbocycles. The summed E-state index contributed by atoms with van der Waals surface area (Å²) in [7, 11) is 3.59. The van der Waals surface area contributed by atoms with Gasteiger partial charge >= 0.3 is 6.03 Å². The zero-order valence-corrected chi connectivity index (χ0v) is 15.8. The molecule has 0 radical (unpaired) electrons. The maximum absolute atomic E-state index is 12.3. The molecule has 2 amide bonds. The van der Waals surface area contributed by atoms with Gasteiger partial charge in [0.15, 0.2) is 0 Å². The first-order valence-electron chi connectivity index (χ1n) is 8.50. The number of amides is 2. The van der Waals surface area contributed by atoms with E-state index in [-0.39, 0.29) is 17.7 Å². The summed E-state index contributed by atoms with van der Waals surface area (Å²) in [6, 6.07) is 1.99. The lowest BCUT2D eigenvalue weighted by atomic mass is 9.91. The van der Waals surface area contributed by atoms with Crippen LogP contribution in [0.15, 0.2) is 21.5 Å². The van der Waals surface area contributed by atoms with Crippen LogP contribution in [0.5, 0.6) is 5.75 Å². The molecule has 6 nitrogen and oxygen atoms in total. The van der Waals surface area contributed by atoms with Crippen molar-refractivity contribution < 1.29 is 9.53 Å². The Hall–Kier alpha value is -1.50. The van der Waals surface area contributed by atoms with Crippen LogP contribution in [-0.2, 0) is 7.05 Å². The summed E-state index contributed by atoms with van der Waals surface area (Å²) < 4.78 is 8.34. The van der Waals surface area contributed by atoms with Gasteiger partial charge in [-0.3, -0.25) is 4.79 Å². The van der Waals surface area contributed by atoms with Gasteiger partial charge in [-0.15, -0.1) is 0 Å². The van der Waals surface area contributed by atoms with Crippen LogP contribution in [0, 0.1) is 0 Å². The van der Waals surface area contributed by atoms with Crippen LogP contribution in [0.3, 0.4) is 0 Å². The predicted molar refractivity (Wildman–Crippen MR) is 95.4 cm³/mol. The molecule has 1 aliphatic carbocycles. The van der Waals surface area contributed by atoms with Crippen molar-refractivity contribution in [1.82, 2.24) is 14.4 Å². The van der Waals surface area contributed by atoms with Gasteiger partial charge in [0, 0.05) is 45.5 Å². The van der Waals surface area contributed by atoms with Crippen molar-refractivity contribution >= 4 is 22.0 Å². The molecule has 0 unspecified atom stereocenters. The molecule has 1 aliphatic heterocycles. The average Bonchev–Trinajstić information content (AvgIpc) is 2.56. The summed E-state index contributed by atoms with van der Waals surface area (Å²) in [4.78, 5) is 27.9. The maximum Gasteiger partial charge on any atom is 0.319 e. The standard InChI is InChI=1S/C17H24BrN3O3/c1-19-8-3-9-21(17(19)23)12-4-6-13(7-5-12)24-15-10-16(22)20(2)11-14(15)18/h10-13H,3-9H2,1-2H3/t12-,13-. The summed E-state index contributed by atoms with van der Waals surface area (Å²) >= 11 is 3.45. The average molecular weight is 398 g/mol. The van der Waals surface area contributed by atoms with Crippen molar-refractivity contribution in [2.75, 3.05) is 20.1 Å². The topological polar surface area (TPSA) is 54.8 Å². The number of halogens is 1. The molecule has 7 heteroatoms. The van der Waals surface area contributed by atoms with Gasteiger partial charge in [-0.2, -0.15) is 0 Å². The number of carbonyl (C=O) groups excluding carboxylic acids is 1. The van der Waals surface area contributed by atoms with Crippen molar-refractivity contribution in [3.8, 4) is 5.75 Å². The highest BCUT2D eigenvalue weighted by molar-refractivity contribution is 9.10. The Balaban J connectivity index is 1.58. The van der Waals surface area contributed by atoms with Gasteiger partial charge in [-0.25, -0.2) is 4.79 Å². The number of aromatic nitrogens is 1. The zero-order valence-electron chi connectivity index (χ0n) is 14.2. The fourth-order valence-corrected chi connectivity index (χ4v) is 4.07. The van der Waals surface area contributed by atoms with E-state index in [0.29, 0.717) is 11.8 Å². The molecule has 2 heterocycles. The molecular formula is C17H24BrN3O3. The molecule has 0 atom stereocenters. The number of nitrogens with zero attached hydrogens (tertiary/aromatic N) is 3. The number of carbonyl (C=O) groups is 1. The smallest absolute Gasteiger partial charge is 0.319 e. The Kier molecular flexibility index (Phi) is 5.18. The second-order valence-electron chi connectivity index (χ2n) is 6.73. The van der Waals surface area contributed by atoms with Gasteiger partial charge in [0.25, 0.3) is 5.56 Å². The Morgan fingerprint density at radius 2 is 1.83 bits per heavy atom. The molecule has 24 heavy (non-hydrogen) atoms. The van der Waals surface area contributed by atoms with E-state index in [4.69, 9.17) is 4.74 Å². The maximum atomic E-state index is 12.3. The van der Waals surface area contributed by atoms with E-state index in [2.05, 4.69) is 15.9 Å².